The fourth-order valence-corrected chi connectivity index (χ4v) is 2.43. The first-order chi connectivity index (χ1) is 8.56. The van der Waals surface area contributed by atoms with Gasteiger partial charge in [0.2, 0.25) is 0 Å². The van der Waals surface area contributed by atoms with E-state index in [4.69, 9.17) is 4.42 Å². The quantitative estimate of drug-likeness (QED) is 0.880. The second kappa shape index (κ2) is 5.72. The predicted octanol–water partition coefficient (Wildman–Crippen LogP) is 4.76. The number of hydrogen-bond donors (Lipinski definition) is 1. The number of furan rings is 1. The van der Waals surface area contributed by atoms with E-state index in [1.165, 1.54) is 5.56 Å². The SMILES string of the molecule is Cc1ccc(C(C)NC(C)c2cccc(Br)c2)o1. The molecule has 96 valence electrons. The molecule has 0 aliphatic rings. The van der Waals surface area contributed by atoms with Crippen molar-refractivity contribution in [2.45, 2.75) is 32.9 Å². The first kappa shape index (κ1) is 13.4. The van der Waals surface area contributed by atoms with Crippen molar-refractivity contribution in [3.05, 3.63) is 58.0 Å². The molecule has 1 aromatic carbocycles. The fraction of sp³-hybridized carbons (Fsp3) is 0.333. The number of rotatable bonds is 4. The van der Waals surface area contributed by atoms with Crippen LogP contribution in [0.5, 0.6) is 0 Å². The van der Waals surface area contributed by atoms with Crippen LogP contribution in [-0.4, -0.2) is 0 Å². The lowest BCUT2D eigenvalue weighted by atomic mass is 10.1. The van der Waals surface area contributed by atoms with Crippen LogP contribution in [0.15, 0.2) is 45.3 Å². The number of nitrogens with one attached hydrogen (secondary N) is 1. The number of benzene rings is 1. The van der Waals surface area contributed by atoms with Crippen molar-refractivity contribution in [1.29, 1.82) is 0 Å². The van der Waals surface area contributed by atoms with E-state index in [1.54, 1.807) is 0 Å². The predicted molar refractivity (Wildman–Crippen MR) is 77.6 cm³/mol. The minimum absolute atomic E-state index is 0.202. The third-order valence-corrected chi connectivity index (χ3v) is 3.53. The van der Waals surface area contributed by atoms with Crippen LogP contribution in [0.2, 0.25) is 0 Å². The van der Waals surface area contributed by atoms with Gasteiger partial charge in [-0.15, -0.1) is 0 Å². The molecule has 0 radical (unpaired) electrons. The third-order valence-electron chi connectivity index (χ3n) is 3.04. The van der Waals surface area contributed by atoms with E-state index in [0.29, 0.717) is 0 Å². The van der Waals surface area contributed by atoms with E-state index < -0.39 is 0 Å². The van der Waals surface area contributed by atoms with Crippen LogP contribution in [0.4, 0.5) is 0 Å². The average Bonchev–Trinajstić information content (AvgIpc) is 2.76. The zero-order chi connectivity index (χ0) is 13.1. The normalized spacial score (nSPS) is 14.4. The van der Waals surface area contributed by atoms with Crippen molar-refractivity contribution in [2.24, 2.45) is 0 Å². The Bertz CT molecular complexity index is 521. The highest BCUT2D eigenvalue weighted by atomic mass is 79.9. The molecule has 0 saturated carbocycles. The maximum Gasteiger partial charge on any atom is 0.120 e. The average molecular weight is 308 g/mol. The standard InChI is InChI=1S/C15H18BrNO/c1-10-7-8-15(18-10)12(3)17-11(2)13-5-4-6-14(16)9-13/h4-9,11-12,17H,1-3H3. The molecule has 2 nitrogen and oxygen atoms in total. The maximum atomic E-state index is 5.63. The van der Waals surface area contributed by atoms with Gasteiger partial charge >= 0.3 is 0 Å². The fourth-order valence-electron chi connectivity index (χ4n) is 2.02. The van der Waals surface area contributed by atoms with Crippen molar-refractivity contribution in [2.75, 3.05) is 0 Å². The topological polar surface area (TPSA) is 25.2 Å². The van der Waals surface area contributed by atoms with E-state index in [2.05, 4.69) is 53.3 Å². The van der Waals surface area contributed by atoms with Gasteiger partial charge in [0.05, 0.1) is 6.04 Å². The van der Waals surface area contributed by atoms with Crippen molar-refractivity contribution >= 4 is 15.9 Å². The van der Waals surface area contributed by atoms with Gasteiger partial charge in [0.1, 0.15) is 11.5 Å². The molecular weight excluding hydrogens is 290 g/mol. The molecule has 2 atom stereocenters. The molecule has 0 aliphatic carbocycles. The Morgan fingerprint density at radius 2 is 1.89 bits per heavy atom. The minimum atomic E-state index is 0.202. The van der Waals surface area contributed by atoms with E-state index in [1.807, 2.05) is 25.1 Å². The Morgan fingerprint density at radius 3 is 2.50 bits per heavy atom. The Morgan fingerprint density at radius 1 is 1.11 bits per heavy atom. The molecule has 0 aliphatic heterocycles. The summed E-state index contributed by atoms with van der Waals surface area (Å²) in [6.07, 6.45) is 0. The highest BCUT2D eigenvalue weighted by molar-refractivity contribution is 9.10. The maximum absolute atomic E-state index is 5.63. The molecule has 0 saturated heterocycles. The Balaban J connectivity index is 2.05. The van der Waals surface area contributed by atoms with Gasteiger partial charge < -0.3 is 9.73 Å². The summed E-state index contributed by atoms with van der Waals surface area (Å²) in [6.45, 7) is 6.24. The zero-order valence-electron chi connectivity index (χ0n) is 10.9. The van der Waals surface area contributed by atoms with Gasteiger partial charge in [-0.2, -0.15) is 0 Å². The second-order valence-corrected chi connectivity index (χ2v) is 5.53. The molecule has 1 aromatic heterocycles. The molecule has 1 heterocycles. The monoisotopic (exact) mass is 307 g/mol. The van der Waals surface area contributed by atoms with Gasteiger partial charge in [-0.05, 0) is 50.6 Å². The van der Waals surface area contributed by atoms with E-state index in [-0.39, 0.29) is 12.1 Å². The van der Waals surface area contributed by atoms with Crippen LogP contribution in [0.3, 0.4) is 0 Å². The summed E-state index contributed by atoms with van der Waals surface area (Å²) < 4.78 is 6.74. The van der Waals surface area contributed by atoms with Crippen molar-refractivity contribution in [3.63, 3.8) is 0 Å². The van der Waals surface area contributed by atoms with Gasteiger partial charge in [-0.1, -0.05) is 28.1 Å². The summed E-state index contributed by atoms with van der Waals surface area (Å²) in [7, 11) is 0. The molecule has 0 spiro atoms. The molecule has 0 bridgehead atoms. The summed E-state index contributed by atoms with van der Waals surface area (Å²) in [5.74, 6) is 1.93. The molecule has 2 unspecified atom stereocenters. The summed E-state index contributed by atoms with van der Waals surface area (Å²) in [6, 6.07) is 12.9. The van der Waals surface area contributed by atoms with Gasteiger partial charge in [0.15, 0.2) is 0 Å². The number of halogens is 1. The summed E-state index contributed by atoms with van der Waals surface area (Å²) in [5.41, 5.74) is 1.26. The number of hydrogen-bond acceptors (Lipinski definition) is 2. The molecule has 3 heteroatoms. The van der Waals surface area contributed by atoms with Crippen molar-refractivity contribution < 1.29 is 4.42 Å². The van der Waals surface area contributed by atoms with E-state index in [0.717, 1.165) is 16.0 Å². The van der Waals surface area contributed by atoms with Crippen molar-refractivity contribution in [1.82, 2.24) is 5.32 Å². The molecule has 18 heavy (non-hydrogen) atoms. The lowest BCUT2D eigenvalue weighted by molar-refractivity contribution is 0.392. The Labute approximate surface area is 117 Å². The Kier molecular flexibility index (Phi) is 4.25. The van der Waals surface area contributed by atoms with Crippen LogP contribution in [0, 0.1) is 6.92 Å². The van der Waals surface area contributed by atoms with Gasteiger partial charge in [0.25, 0.3) is 0 Å². The van der Waals surface area contributed by atoms with E-state index >= 15 is 0 Å². The lowest BCUT2D eigenvalue weighted by Crippen LogP contribution is -2.22. The first-order valence-electron chi connectivity index (χ1n) is 6.14. The third kappa shape index (κ3) is 3.24. The molecule has 2 rings (SSSR count). The molecule has 2 aromatic rings. The lowest BCUT2D eigenvalue weighted by Gasteiger charge is -2.19. The molecule has 1 N–H and O–H groups in total. The minimum Gasteiger partial charge on any atom is -0.465 e. The Hall–Kier alpha value is -1.06. The molecular formula is C15H18BrNO. The van der Waals surface area contributed by atoms with Crippen molar-refractivity contribution in [3.8, 4) is 0 Å². The van der Waals surface area contributed by atoms with Crippen LogP contribution < -0.4 is 5.32 Å². The van der Waals surface area contributed by atoms with Crippen LogP contribution in [0.25, 0.3) is 0 Å². The smallest absolute Gasteiger partial charge is 0.120 e. The van der Waals surface area contributed by atoms with Crippen LogP contribution in [-0.2, 0) is 0 Å². The van der Waals surface area contributed by atoms with E-state index in [9.17, 15) is 0 Å². The van der Waals surface area contributed by atoms with Crippen LogP contribution in [0.1, 0.15) is 43.0 Å². The van der Waals surface area contributed by atoms with Gasteiger partial charge in [-0.3, -0.25) is 0 Å². The summed E-state index contributed by atoms with van der Waals surface area (Å²) in [5, 5.41) is 3.54. The summed E-state index contributed by atoms with van der Waals surface area (Å²) in [4.78, 5) is 0. The van der Waals surface area contributed by atoms with Gasteiger partial charge in [0, 0.05) is 10.5 Å². The summed E-state index contributed by atoms with van der Waals surface area (Å²) >= 11 is 3.50. The molecule has 0 fully saturated rings. The van der Waals surface area contributed by atoms with Crippen LogP contribution >= 0.6 is 15.9 Å². The molecule has 0 amide bonds. The highest BCUT2D eigenvalue weighted by Crippen LogP contribution is 2.22. The second-order valence-electron chi connectivity index (χ2n) is 4.61. The first-order valence-corrected chi connectivity index (χ1v) is 6.93. The largest absolute Gasteiger partial charge is 0.465 e. The highest BCUT2D eigenvalue weighted by Gasteiger charge is 2.13. The number of aryl methyl sites for hydroxylation is 1. The van der Waals surface area contributed by atoms with Gasteiger partial charge in [-0.25, -0.2) is 0 Å². The zero-order valence-corrected chi connectivity index (χ0v) is 12.5.